The number of halogens is 1. The molecule has 0 aliphatic rings. The number of carbonyl (C=O) groups is 1. The van der Waals surface area contributed by atoms with Crippen LogP contribution >= 0.6 is 0 Å². The molecule has 2 aromatic rings. The molecule has 0 bridgehead atoms. The van der Waals surface area contributed by atoms with Crippen LogP contribution in [0.15, 0.2) is 48.8 Å². The van der Waals surface area contributed by atoms with Crippen LogP contribution in [0.1, 0.15) is 18.0 Å². The van der Waals surface area contributed by atoms with E-state index in [1.54, 1.807) is 47.3 Å². The topological polar surface area (TPSA) is 42.2 Å². The first-order valence-electron chi connectivity index (χ1n) is 5.27. The van der Waals surface area contributed by atoms with Crippen LogP contribution in [0.2, 0.25) is 0 Å². The van der Waals surface area contributed by atoms with Crippen LogP contribution in [0.3, 0.4) is 0 Å². The summed E-state index contributed by atoms with van der Waals surface area (Å²) in [6, 6.07) is 9.31. The third kappa shape index (κ3) is 2.53. The molecule has 0 spiro atoms. The number of carboxylic acids is 1. The SMILES string of the molecule is O=C(O)CC(c1ccccc1F)n1cccc1. The van der Waals surface area contributed by atoms with Gasteiger partial charge in [-0.05, 0) is 18.2 Å². The lowest BCUT2D eigenvalue weighted by Crippen LogP contribution is -2.15. The van der Waals surface area contributed by atoms with Crippen LogP contribution in [0.4, 0.5) is 4.39 Å². The summed E-state index contributed by atoms with van der Waals surface area (Å²) in [7, 11) is 0. The summed E-state index contributed by atoms with van der Waals surface area (Å²) < 4.78 is 15.4. The van der Waals surface area contributed by atoms with Crippen molar-refractivity contribution >= 4 is 5.97 Å². The van der Waals surface area contributed by atoms with Gasteiger partial charge >= 0.3 is 5.97 Å². The van der Waals surface area contributed by atoms with Crippen LogP contribution in [0, 0.1) is 5.82 Å². The average Bonchev–Trinajstić information content (AvgIpc) is 2.80. The van der Waals surface area contributed by atoms with E-state index in [0.29, 0.717) is 5.56 Å². The zero-order chi connectivity index (χ0) is 12.3. The fourth-order valence-electron chi connectivity index (χ4n) is 1.84. The van der Waals surface area contributed by atoms with E-state index in [1.807, 2.05) is 0 Å². The molecule has 0 saturated carbocycles. The van der Waals surface area contributed by atoms with E-state index in [-0.39, 0.29) is 12.2 Å². The van der Waals surface area contributed by atoms with Crippen LogP contribution in [0.25, 0.3) is 0 Å². The van der Waals surface area contributed by atoms with Gasteiger partial charge in [0.15, 0.2) is 0 Å². The quantitative estimate of drug-likeness (QED) is 0.882. The zero-order valence-electron chi connectivity index (χ0n) is 9.08. The molecule has 0 radical (unpaired) electrons. The van der Waals surface area contributed by atoms with Gasteiger partial charge in [0.05, 0.1) is 12.5 Å². The van der Waals surface area contributed by atoms with Gasteiger partial charge in [0.2, 0.25) is 0 Å². The molecule has 0 aliphatic heterocycles. The van der Waals surface area contributed by atoms with E-state index in [2.05, 4.69) is 0 Å². The molecule has 3 nitrogen and oxygen atoms in total. The Kier molecular flexibility index (Phi) is 3.23. The standard InChI is InChI=1S/C13H12FNO2/c14-11-6-2-1-5-10(11)12(9-13(16)17)15-7-3-4-8-15/h1-8,12H,9H2,(H,16,17). The van der Waals surface area contributed by atoms with Crippen molar-refractivity contribution in [3.05, 3.63) is 60.2 Å². The van der Waals surface area contributed by atoms with Gasteiger partial charge < -0.3 is 9.67 Å². The highest BCUT2D eigenvalue weighted by molar-refractivity contribution is 5.68. The second-order valence-corrected chi connectivity index (χ2v) is 3.77. The van der Waals surface area contributed by atoms with Crippen LogP contribution < -0.4 is 0 Å². The van der Waals surface area contributed by atoms with E-state index in [1.165, 1.54) is 6.07 Å². The fraction of sp³-hybridized carbons (Fsp3) is 0.154. The summed E-state index contributed by atoms with van der Waals surface area (Å²) >= 11 is 0. The van der Waals surface area contributed by atoms with Gasteiger partial charge in [-0.15, -0.1) is 0 Å². The molecule has 1 heterocycles. The molecule has 1 N–H and O–H groups in total. The molecule has 0 amide bonds. The van der Waals surface area contributed by atoms with Crippen molar-refractivity contribution in [3.8, 4) is 0 Å². The van der Waals surface area contributed by atoms with E-state index in [0.717, 1.165) is 0 Å². The van der Waals surface area contributed by atoms with E-state index >= 15 is 0 Å². The maximum atomic E-state index is 13.7. The number of nitrogens with zero attached hydrogens (tertiary/aromatic N) is 1. The predicted molar refractivity (Wildman–Crippen MR) is 61.2 cm³/mol. The number of hydrogen-bond donors (Lipinski definition) is 1. The van der Waals surface area contributed by atoms with Crippen molar-refractivity contribution < 1.29 is 14.3 Å². The van der Waals surface area contributed by atoms with Gasteiger partial charge in [0.1, 0.15) is 5.82 Å². The first kappa shape index (κ1) is 11.4. The summed E-state index contributed by atoms with van der Waals surface area (Å²) in [5.74, 6) is -1.33. The molecule has 88 valence electrons. The van der Waals surface area contributed by atoms with E-state index < -0.39 is 12.0 Å². The van der Waals surface area contributed by atoms with Gasteiger partial charge in [0.25, 0.3) is 0 Å². The van der Waals surface area contributed by atoms with E-state index in [4.69, 9.17) is 5.11 Å². The highest BCUT2D eigenvalue weighted by atomic mass is 19.1. The number of aliphatic carboxylic acids is 1. The highest BCUT2D eigenvalue weighted by Gasteiger charge is 2.19. The molecule has 0 aliphatic carbocycles. The van der Waals surface area contributed by atoms with Crippen LogP contribution in [-0.4, -0.2) is 15.6 Å². The normalized spacial score (nSPS) is 12.3. The number of carboxylic acid groups (broad SMARTS) is 1. The highest BCUT2D eigenvalue weighted by Crippen LogP contribution is 2.24. The monoisotopic (exact) mass is 233 g/mol. The summed E-state index contributed by atoms with van der Waals surface area (Å²) in [5.41, 5.74) is 0.395. The molecule has 17 heavy (non-hydrogen) atoms. The van der Waals surface area contributed by atoms with Gasteiger partial charge in [-0.1, -0.05) is 18.2 Å². The maximum Gasteiger partial charge on any atom is 0.305 e. The number of rotatable bonds is 4. The molecule has 0 fully saturated rings. The molecule has 1 aromatic carbocycles. The maximum absolute atomic E-state index is 13.7. The molecular weight excluding hydrogens is 221 g/mol. The van der Waals surface area contributed by atoms with Gasteiger partial charge in [-0.2, -0.15) is 0 Å². The molecule has 0 saturated heterocycles. The predicted octanol–water partition coefficient (Wildman–Crippen LogP) is 2.69. The Balaban J connectivity index is 2.41. The Morgan fingerprint density at radius 1 is 1.24 bits per heavy atom. The van der Waals surface area contributed by atoms with Gasteiger partial charge in [-0.25, -0.2) is 4.39 Å². The summed E-state index contributed by atoms with van der Waals surface area (Å²) in [6.45, 7) is 0. The minimum atomic E-state index is -0.952. The lowest BCUT2D eigenvalue weighted by molar-refractivity contribution is -0.137. The van der Waals surface area contributed by atoms with Crippen molar-refractivity contribution in [2.24, 2.45) is 0 Å². The first-order valence-corrected chi connectivity index (χ1v) is 5.27. The molecular formula is C13H12FNO2. The number of hydrogen-bond acceptors (Lipinski definition) is 1. The summed E-state index contributed by atoms with van der Waals surface area (Å²) in [6.07, 6.45) is 3.33. The molecule has 2 rings (SSSR count). The molecule has 1 aromatic heterocycles. The number of benzene rings is 1. The second kappa shape index (κ2) is 4.82. The van der Waals surface area contributed by atoms with Crippen molar-refractivity contribution in [2.45, 2.75) is 12.5 Å². The zero-order valence-corrected chi connectivity index (χ0v) is 9.08. The van der Waals surface area contributed by atoms with E-state index in [9.17, 15) is 9.18 Å². The smallest absolute Gasteiger partial charge is 0.305 e. The van der Waals surface area contributed by atoms with Gasteiger partial charge in [0, 0.05) is 18.0 Å². The minimum absolute atomic E-state index is 0.143. The molecule has 1 unspecified atom stereocenters. The molecule has 1 atom stereocenters. The molecule has 4 heteroatoms. The Morgan fingerprint density at radius 3 is 2.47 bits per heavy atom. The van der Waals surface area contributed by atoms with Crippen molar-refractivity contribution in [3.63, 3.8) is 0 Å². The van der Waals surface area contributed by atoms with Crippen molar-refractivity contribution in [2.75, 3.05) is 0 Å². The third-order valence-corrected chi connectivity index (χ3v) is 2.62. The first-order chi connectivity index (χ1) is 8.18. The van der Waals surface area contributed by atoms with Crippen LogP contribution in [0.5, 0.6) is 0 Å². The minimum Gasteiger partial charge on any atom is -0.481 e. The second-order valence-electron chi connectivity index (χ2n) is 3.77. The Morgan fingerprint density at radius 2 is 1.88 bits per heavy atom. The Hall–Kier alpha value is -2.10. The fourth-order valence-corrected chi connectivity index (χ4v) is 1.84. The van der Waals surface area contributed by atoms with Gasteiger partial charge in [-0.3, -0.25) is 4.79 Å². The van der Waals surface area contributed by atoms with Crippen molar-refractivity contribution in [1.29, 1.82) is 0 Å². The Bertz CT molecular complexity index is 508. The Labute approximate surface area is 98.1 Å². The van der Waals surface area contributed by atoms with Crippen LogP contribution in [-0.2, 0) is 4.79 Å². The largest absolute Gasteiger partial charge is 0.481 e. The lowest BCUT2D eigenvalue weighted by Gasteiger charge is -2.18. The summed E-state index contributed by atoms with van der Waals surface area (Å²) in [4.78, 5) is 10.9. The van der Waals surface area contributed by atoms with Crippen molar-refractivity contribution in [1.82, 2.24) is 4.57 Å². The number of aromatic nitrogens is 1. The summed E-state index contributed by atoms with van der Waals surface area (Å²) in [5, 5.41) is 8.90. The lowest BCUT2D eigenvalue weighted by atomic mass is 10.0. The third-order valence-electron chi connectivity index (χ3n) is 2.62. The average molecular weight is 233 g/mol.